The molecular formula is C19H17N7O2. The average Bonchev–Trinajstić information content (AvgIpc) is 3.28. The highest BCUT2D eigenvalue weighted by molar-refractivity contribution is 5.89. The summed E-state index contributed by atoms with van der Waals surface area (Å²) in [5.41, 5.74) is 4.27. The van der Waals surface area contributed by atoms with Gasteiger partial charge in [-0.1, -0.05) is 5.16 Å². The number of rotatable bonds is 5. The maximum Gasteiger partial charge on any atom is 0.247 e. The van der Waals surface area contributed by atoms with Gasteiger partial charge in [-0.05, 0) is 26.0 Å². The molecule has 0 aliphatic carbocycles. The molecule has 0 aromatic carbocycles. The number of amides is 1. The van der Waals surface area contributed by atoms with Crippen molar-refractivity contribution in [2.75, 3.05) is 5.32 Å². The molecule has 28 heavy (non-hydrogen) atoms. The maximum atomic E-state index is 12.3. The number of aryl methyl sites for hydroxylation is 2. The van der Waals surface area contributed by atoms with Crippen molar-refractivity contribution in [3.05, 3.63) is 60.9 Å². The molecule has 9 nitrogen and oxygen atoms in total. The predicted molar refractivity (Wildman–Crippen MR) is 101 cm³/mol. The topological polar surface area (TPSA) is 112 Å². The highest BCUT2D eigenvalue weighted by Gasteiger charge is 2.14. The number of hydrogen-bond acceptors (Lipinski definition) is 7. The number of nitrogens with zero attached hydrogens (tertiary/aromatic N) is 6. The van der Waals surface area contributed by atoms with Crippen LogP contribution in [0.2, 0.25) is 0 Å². The van der Waals surface area contributed by atoms with Crippen molar-refractivity contribution in [3.63, 3.8) is 0 Å². The van der Waals surface area contributed by atoms with E-state index in [0.717, 1.165) is 33.7 Å². The Morgan fingerprint density at radius 2 is 1.89 bits per heavy atom. The van der Waals surface area contributed by atoms with E-state index in [9.17, 15) is 4.79 Å². The van der Waals surface area contributed by atoms with Crippen LogP contribution in [0.4, 0.5) is 5.82 Å². The lowest BCUT2D eigenvalue weighted by Gasteiger charge is -2.06. The molecule has 0 aliphatic rings. The minimum atomic E-state index is -0.225. The van der Waals surface area contributed by atoms with Gasteiger partial charge in [0.1, 0.15) is 24.5 Å². The van der Waals surface area contributed by atoms with Gasteiger partial charge in [-0.3, -0.25) is 9.48 Å². The second-order valence-corrected chi connectivity index (χ2v) is 6.23. The van der Waals surface area contributed by atoms with Crippen molar-refractivity contribution in [2.24, 2.45) is 0 Å². The van der Waals surface area contributed by atoms with Crippen LogP contribution in [0.3, 0.4) is 0 Å². The Morgan fingerprint density at radius 1 is 1.07 bits per heavy atom. The molecule has 0 saturated carbocycles. The van der Waals surface area contributed by atoms with Crippen LogP contribution in [0.5, 0.6) is 0 Å². The SMILES string of the molecule is Cc1noc(C)c1-c1cnn(CC(=O)Nc2ccc(-c3cncnc3)cn2)c1. The zero-order valence-corrected chi connectivity index (χ0v) is 15.3. The van der Waals surface area contributed by atoms with E-state index in [-0.39, 0.29) is 12.5 Å². The van der Waals surface area contributed by atoms with E-state index in [1.165, 1.54) is 6.33 Å². The fraction of sp³-hybridized carbons (Fsp3) is 0.158. The fourth-order valence-corrected chi connectivity index (χ4v) is 2.89. The van der Waals surface area contributed by atoms with Crippen LogP contribution < -0.4 is 5.32 Å². The van der Waals surface area contributed by atoms with Gasteiger partial charge in [0.2, 0.25) is 5.91 Å². The van der Waals surface area contributed by atoms with E-state index in [1.54, 1.807) is 41.7 Å². The molecule has 4 rings (SSSR count). The first-order valence-corrected chi connectivity index (χ1v) is 8.57. The lowest BCUT2D eigenvalue weighted by atomic mass is 10.1. The molecule has 0 radical (unpaired) electrons. The standard InChI is InChI=1S/C19H17N7O2/c1-12-19(13(2)28-25-12)16-8-23-26(9-16)10-18(27)24-17-4-3-14(7-22-17)15-5-20-11-21-6-15/h3-9,11H,10H2,1-2H3,(H,22,24,27). The lowest BCUT2D eigenvalue weighted by Crippen LogP contribution is -2.19. The third-order valence-corrected chi connectivity index (χ3v) is 4.19. The predicted octanol–water partition coefficient (Wildman–Crippen LogP) is 2.65. The average molecular weight is 375 g/mol. The first-order valence-electron chi connectivity index (χ1n) is 8.57. The molecule has 9 heteroatoms. The van der Waals surface area contributed by atoms with Crippen LogP contribution >= 0.6 is 0 Å². The number of aromatic nitrogens is 6. The molecule has 4 aromatic heterocycles. The van der Waals surface area contributed by atoms with Gasteiger partial charge in [0, 0.05) is 41.5 Å². The summed E-state index contributed by atoms with van der Waals surface area (Å²) in [5.74, 6) is 0.954. The molecule has 0 saturated heterocycles. The van der Waals surface area contributed by atoms with E-state index in [4.69, 9.17) is 4.52 Å². The van der Waals surface area contributed by atoms with Crippen molar-refractivity contribution in [2.45, 2.75) is 20.4 Å². The first-order chi connectivity index (χ1) is 13.6. The molecule has 1 amide bonds. The van der Waals surface area contributed by atoms with E-state index >= 15 is 0 Å². The van der Waals surface area contributed by atoms with Crippen LogP contribution in [0.25, 0.3) is 22.3 Å². The second-order valence-electron chi connectivity index (χ2n) is 6.23. The minimum absolute atomic E-state index is 0.0688. The molecular weight excluding hydrogens is 358 g/mol. The van der Waals surface area contributed by atoms with E-state index in [1.807, 2.05) is 19.9 Å². The van der Waals surface area contributed by atoms with Crippen molar-refractivity contribution >= 4 is 11.7 Å². The van der Waals surface area contributed by atoms with Crippen molar-refractivity contribution in [1.29, 1.82) is 0 Å². The smallest absolute Gasteiger partial charge is 0.247 e. The normalized spacial score (nSPS) is 10.8. The molecule has 0 bridgehead atoms. The third-order valence-electron chi connectivity index (χ3n) is 4.19. The maximum absolute atomic E-state index is 12.3. The van der Waals surface area contributed by atoms with Crippen LogP contribution in [-0.2, 0) is 11.3 Å². The van der Waals surface area contributed by atoms with Gasteiger partial charge in [-0.2, -0.15) is 5.10 Å². The molecule has 0 unspecified atom stereocenters. The Balaban J connectivity index is 1.41. The van der Waals surface area contributed by atoms with Crippen molar-refractivity contribution in [3.8, 4) is 22.3 Å². The largest absolute Gasteiger partial charge is 0.361 e. The summed E-state index contributed by atoms with van der Waals surface area (Å²) < 4.78 is 6.74. The molecule has 140 valence electrons. The van der Waals surface area contributed by atoms with Gasteiger partial charge in [-0.15, -0.1) is 0 Å². The molecule has 4 heterocycles. The highest BCUT2D eigenvalue weighted by Crippen LogP contribution is 2.26. The molecule has 4 aromatic rings. The van der Waals surface area contributed by atoms with Crippen LogP contribution in [-0.4, -0.2) is 35.8 Å². The Morgan fingerprint density at radius 3 is 2.57 bits per heavy atom. The summed E-state index contributed by atoms with van der Waals surface area (Å²) >= 11 is 0. The fourth-order valence-electron chi connectivity index (χ4n) is 2.89. The van der Waals surface area contributed by atoms with Gasteiger partial charge in [0.15, 0.2) is 0 Å². The van der Waals surface area contributed by atoms with E-state index in [0.29, 0.717) is 5.82 Å². The Bertz CT molecular complexity index is 1080. The van der Waals surface area contributed by atoms with Gasteiger partial charge in [0.25, 0.3) is 0 Å². The van der Waals surface area contributed by atoms with Crippen LogP contribution in [0.15, 0.2) is 54.0 Å². The van der Waals surface area contributed by atoms with Crippen LogP contribution in [0, 0.1) is 13.8 Å². The van der Waals surface area contributed by atoms with Crippen LogP contribution in [0.1, 0.15) is 11.5 Å². The number of carbonyl (C=O) groups is 1. The van der Waals surface area contributed by atoms with Crippen molar-refractivity contribution < 1.29 is 9.32 Å². The molecule has 0 spiro atoms. The summed E-state index contributed by atoms with van der Waals surface area (Å²) in [6.45, 7) is 3.78. The quantitative estimate of drug-likeness (QED) is 0.571. The number of anilines is 1. The third kappa shape index (κ3) is 3.63. The number of carbonyl (C=O) groups excluding carboxylic acids is 1. The van der Waals surface area contributed by atoms with E-state index in [2.05, 4.69) is 30.5 Å². The minimum Gasteiger partial charge on any atom is -0.361 e. The zero-order chi connectivity index (χ0) is 19.5. The summed E-state index contributed by atoms with van der Waals surface area (Å²) in [5, 5.41) is 10.9. The van der Waals surface area contributed by atoms with Gasteiger partial charge < -0.3 is 9.84 Å². The second kappa shape index (κ2) is 7.39. The van der Waals surface area contributed by atoms with Gasteiger partial charge >= 0.3 is 0 Å². The van der Waals surface area contributed by atoms with Gasteiger partial charge in [-0.25, -0.2) is 15.0 Å². The summed E-state index contributed by atoms with van der Waals surface area (Å²) in [4.78, 5) is 24.5. The van der Waals surface area contributed by atoms with E-state index < -0.39 is 0 Å². The Labute approximate surface area is 160 Å². The lowest BCUT2D eigenvalue weighted by molar-refractivity contribution is -0.116. The summed E-state index contributed by atoms with van der Waals surface area (Å²) in [7, 11) is 0. The Hall–Kier alpha value is -3.88. The van der Waals surface area contributed by atoms with Crippen molar-refractivity contribution in [1.82, 2.24) is 29.9 Å². The number of pyridine rings is 1. The molecule has 1 N–H and O–H groups in total. The number of nitrogens with one attached hydrogen (secondary N) is 1. The summed E-state index contributed by atoms with van der Waals surface area (Å²) in [6, 6.07) is 3.59. The first kappa shape index (κ1) is 17.5. The zero-order valence-electron chi connectivity index (χ0n) is 15.3. The molecule has 0 aliphatic heterocycles. The monoisotopic (exact) mass is 375 g/mol. The molecule has 0 fully saturated rings. The highest BCUT2D eigenvalue weighted by atomic mass is 16.5. The number of hydrogen-bond donors (Lipinski definition) is 1. The summed E-state index contributed by atoms with van der Waals surface area (Å²) in [6.07, 6.45) is 10.0. The Kier molecular flexibility index (Phi) is 4.63. The molecule has 0 atom stereocenters. The van der Waals surface area contributed by atoms with Gasteiger partial charge in [0.05, 0.1) is 17.5 Å².